The Morgan fingerprint density at radius 3 is 2.37 bits per heavy atom. The Morgan fingerprint density at radius 2 is 1.66 bits per heavy atom. The smallest absolute Gasteiger partial charge is 0.243 e. The maximum Gasteiger partial charge on any atom is 0.243 e. The monoisotopic (exact) mass is 535 g/mol. The van der Waals surface area contributed by atoms with Crippen molar-refractivity contribution in [1.82, 2.24) is 14.2 Å². The Hall–Kier alpha value is -3.17. The van der Waals surface area contributed by atoms with Crippen LogP contribution in [-0.2, 0) is 14.8 Å². The fourth-order valence-corrected chi connectivity index (χ4v) is 7.24. The molecule has 2 aliphatic rings. The number of carbonyl (C=O) groups excluding carboxylic acids is 1. The molecule has 0 saturated carbocycles. The highest BCUT2D eigenvalue weighted by atomic mass is 32.2. The number of sulfonamides is 1. The lowest BCUT2D eigenvalue weighted by Gasteiger charge is -2.39. The third kappa shape index (κ3) is 5.22. The summed E-state index contributed by atoms with van der Waals surface area (Å²) in [5.41, 5.74) is 3.12. The first kappa shape index (κ1) is 26.4. The number of hydrogen-bond donors (Lipinski definition) is 0. The summed E-state index contributed by atoms with van der Waals surface area (Å²) in [7, 11) is -3.65. The van der Waals surface area contributed by atoms with Gasteiger partial charge in [-0.15, -0.1) is 0 Å². The molecule has 0 N–H and O–H groups in total. The van der Waals surface area contributed by atoms with Crippen LogP contribution in [0.4, 0.5) is 11.4 Å². The first-order valence-electron chi connectivity index (χ1n) is 13.6. The number of piperazine rings is 1. The topological polar surface area (TPSA) is 77.1 Å². The Bertz CT molecular complexity index is 1360. The van der Waals surface area contributed by atoms with Gasteiger partial charge in [0.1, 0.15) is 0 Å². The molecule has 0 aliphatic carbocycles. The second-order valence-electron chi connectivity index (χ2n) is 10.0. The van der Waals surface area contributed by atoms with Gasteiger partial charge in [0.05, 0.1) is 16.3 Å². The lowest BCUT2D eigenvalue weighted by molar-refractivity contribution is -0.137. The highest BCUT2D eigenvalue weighted by molar-refractivity contribution is 7.89. The third-order valence-corrected chi connectivity index (χ3v) is 9.77. The van der Waals surface area contributed by atoms with Gasteiger partial charge in [0, 0.05) is 75.3 Å². The number of anilines is 2. The number of fused-ring (bicyclic) bond motifs is 1. The second-order valence-corrected chi connectivity index (χ2v) is 12.0. The van der Waals surface area contributed by atoms with Crippen molar-refractivity contribution >= 4 is 38.2 Å². The van der Waals surface area contributed by atoms with Crippen molar-refractivity contribution < 1.29 is 13.2 Å². The summed E-state index contributed by atoms with van der Waals surface area (Å²) in [6.07, 6.45) is 3.25. The zero-order chi connectivity index (χ0) is 26.7. The number of piperidine rings is 1. The molecule has 2 aliphatic heterocycles. The van der Waals surface area contributed by atoms with Crippen LogP contribution in [0.3, 0.4) is 0 Å². The number of rotatable bonds is 7. The van der Waals surface area contributed by atoms with Gasteiger partial charge in [-0.25, -0.2) is 8.42 Å². The number of amides is 1. The molecule has 2 saturated heterocycles. The molecule has 1 aromatic heterocycles. The molecular formula is C29H37N5O3S. The lowest BCUT2D eigenvalue weighted by atomic mass is 9.97. The standard InChI is InChI=1S/C29H37N5O3S/c1-3-31(4-2)24-11-13-25(14-12-24)38(36,37)34-17-7-8-23(22-34)29(35)33-20-18-32(19-21-33)28-15-16-30-27-10-6-5-9-26(27)28/h5-6,9-16,23H,3-4,7-8,17-22H2,1-2H3. The van der Waals surface area contributed by atoms with Gasteiger partial charge in [-0.1, -0.05) is 18.2 Å². The number of aromatic nitrogens is 1. The molecule has 2 aromatic carbocycles. The van der Waals surface area contributed by atoms with E-state index in [0.29, 0.717) is 31.0 Å². The molecule has 1 atom stereocenters. The van der Waals surface area contributed by atoms with E-state index in [2.05, 4.69) is 34.7 Å². The first-order valence-corrected chi connectivity index (χ1v) is 15.1. The summed E-state index contributed by atoms with van der Waals surface area (Å²) in [4.78, 5) is 24.6. The maximum atomic E-state index is 13.5. The molecule has 202 valence electrons. The van der Waals surface area contributed by atoms with Crippen LogP contribution in [0.1, 0.15) is 26.7 Å². The number of pyridine rings is 1. The minimum Gasteiger partial charge on any atom is -0.372 e. The molecule has 9 heteroatoms. The summed E-state index contributed by atoms with van der Waals surface area (Å²) in [5, 5.41) is 1.12. The molecule has 0 bridgehead atoms. The van der Waals surface area contributed by atoms with Crippen LogP contribution in [0, 0.1) is 5.92 Å². The summed E-state index contributed by atoms with van der Waals surface area (Å²) in [6.45, 7) is 9.34. The Morgan fingerprint density at radius 1 is 0.947 bits per heavy atom. The van der Waals surface area contributed by atoms with E-state index in [1.807, 2.05) is 47.5 Å². The molecule has 1 amide bonds. The SMILES string of the molecule is CCN(CC)c1ccc(S(=O)(=O)N2CCCC(C(=O)N3CCN(c4ccnc5ccccc45)CC3)C2)cc1. The van der Waals surface area contributed by atoms with Gasteiger partial charge < -0.3 is 14.7 Å². The summed E-state index contributed by atoms with van der Waals surface area (Å²) in [5.74, 6) is -0.234. The van der Waals surface area contributed by atoms with Crippen LogP contribution in [0.25, 0.3) is 10.9 Å². The predicted molar refractivity (Wildman–Crippen MR) is 152 cm³/mol. The molecule has 0 spiro atoms. The van der Waals surface area contributed by atoms with Crippen molar-refractivity contribution in [2.45, 2.75) is 31.6 Å². The molecule has 5 rings (SSSR count). The molecule has 3 heterocycles. The molecule has 2 fully saturated rings. The van der Waals surface area contributed by atoms with Crippen molar-refractivity contribution in [3.63, 3.8) is 0 Å². The quantitative estimate of drug-likeness (QED) is 0.458. The second kappa shape index (κ2) is 11.3. The fraction of sp³-hybridized carbons (Fsp3) is 0.448. The maximum absolute atomic E-state index is 13.5. The van der Waals surface area contributed by atoms with Crippen LogP contribution < -0.4 is 9.80 Å². The summed E-state index contributed by atoms with van der Waals surface area (Å²) >= 11 is 0. The van der Waals surface area contributed by atoms with Crippen molar-refractivity contribution in [3.8, 4) is 0 Å². The molecule has 8 nitrogen and oxygen atoms in total. The van der Waals surface area contributed by atoms with E-state index in [9.17, 15) is 13.2 Å². The van der Waals surface area contributed by atoms with Gasteiger partial charge in [-0.2, -0.15) is 4.31 Å². The average molecular weight is 536 g/mol. The predicted octanol–water partition coefficient (Wildman–Crippen LogP) is 3.83. The van der Waals surface area contributed by atoms with E-state index in [4.69, 9.17) is 0 Å². The summed E-state index contributed by atoms with van der Waals surface area (Å²) < 4.78 is 28.4. The van der Waals surface area contributed by atoms with E-state index in [1.54, 1.807) is 12.1 Å². The molecule has 0 radical (unpaired) electrons. The Kier molecular flexibility index (Phi) is 7.85. The minimum atomic E-state index is -3.65. The van der Waals surface area contributed by atoms with Gasteiger partial charge in [-0.05, 0) is 63.1 Å². The Labute approximate surface area is 225 Å². The zero-order valence-corrected chi connectivity index (χ0v) is 23.1. The van der Waals surface area contributed by atoms with E-state index in [0.717, 1.165) is 54.9 Å². The number of carbonyl (C=O) groups is 1. The van der Waals surface area contributed by atoms with E-state index in [-0.39, 0.29) is 18.4 Å². The van der Waals surface area contributed by atoms with Gasteiger partial charge >= 0.3 is 0 Å². The third-order valence-electron chi connectivity index (χ3n) is 7.89. The van der Waals surface area contributed by atoms with Crippen molar-refractivity contribution in [2.75, 3.05) is 62.2 Å². The van der Waals surface area contributed by atoms with Crippen molar-refractivity contribution in [1.29, 1.82) is 0 Å². The molecule has 1 unspecified atom stereocenters. The van der Waals surface area contributed by atoms with Crippen LogP contribution >= 0.6 is 0 Å². The number of nitrogens with zero attached hydrogens (tertiary/aromatic N) is 5. The minimum absolute atomic E-state index is 0.0704. The lowest BCUT2D eigenvalue weighted by Crippen LogP contribution is -2.53. The zero-order valence-electron chi connectivity index (χ0n) is 22.3. The summed E-state index contributed by atoms with van der Waals surface area (Å²) in [6, 6.07) is 17.3. The van der Waals surface area contributed by atoms with Crippen molar-refractivity contribution in [3.05, 3.63) is 60.8 Å². The van der Waals surface area contributed by atoms with Crippen LogP contribution in [0.2, 0.25) is 0 Å². The normalized spacial score (nSPS) is 19.1. The fourth-order valence-electron chi connectivity index (χ4n) is 5.71. The number of hydrogen-bond acceptors (Lipinski definition) is 6. The van der Waals surface area contributed by atoms with Crippen molar-refractivity contribution in [2.24, 2.45) is 5.92 Å². The van der Waals surface area contributed by atoms with E-state index in [1.165, 1.54) is 4.31 Å². The highest BCUT2D eigenvalue weighted by Gasteiger charge is 2.36. The Balaban J connectivity index is 1.22. The van der Waals surface area contributed by atoms with Gasteiger partial charge in [0.15, 0.2) is 0 Å². The van der Waals surface area contributed by atoms with Gasteiger partial charge in [0.25, 0.3) is 0 Å². The first-order chi connectivity index (χ1) is 18.4. The van der Waals surface area contributed by atoms with Gasteiger partial charge in [0.2, 0.25) is 15.9 Å². The molecule has 38 heavy (non-hydrogen) atoms. The van der Waals surface area contributed by atoms with E-state index < -0.39 is 10.0 Å². The van der Waals surface area contributed by atoms with Crippen LogP contribution in [0.15, 0.2) is 65.7 Å². The van der Waals surface area contributed by atoms with Gasteiger partial charge in [-0.3, -0.25) is 9.78 Å². The van der Waals surface area contributed by atoms with Crippen LogP contribution in [0.5, 0.6) is 0 Å². The average Bonchev–Trinajstić information content (AvgIpc) is 2.97. The largest absolute Gasteiger partial charge is 0.372 e. The highest BCUT2D eigenvalue weighted by Crippen LogP contribution is 2.29. The van der Waals surface area contributed by atoms with E-state index >= 15 is 0 Å². The molecule has 3 aromatic rings. The van der Waals surface area contributed by atoms with Crippen LogP contribution in [-0.4, -0.2) is 80.9 Å². The number of para-hydroxylation sites is 1. The number of benzene rings is 2. The molecular weight excluding hydrogens is 498 g/mol.